The van der Waals surface area contributed by atoms with Crippen molar-refractivity contribution in [1.29, 1.82) is 0 Å². The molecular weight excluding hydrogens is 585 g/mol. The second-order valence-corrected chi connectivity index (χ2v) is 15.0. The number of alkyl halides is 2. The molecule has 1 unspecified atom stereocenters. The summed E-state index contributed by atoms with van der Waals surface area (Å²) in [5, 5.41) is 3.59. The van der Waals surface area contributed by atoms with Crippen LogP contribution in [0.25, 0.3) is 6.08 Å². The maximum Gasteiger partial charge on any atom is 0.276 e. The number of hydrogen-bond acceptors (Lipinski definition) is 5. The van der Waals surface area contributed by atoms with Crippen LogP contribution in [0.2, 0.25) is 0 Å². The van der Waals surface area contributed by atoms with Crippen LogP contribution in [0.15, 0.2) is 48.4 Å². The Morgan fingerprint density at radius 3 is 2.36 bits per heavy atom. The van der Waals surface area contributed by atoms with Gasteiger partial charge in [0.25, 0.3) is 5.92 Å². The van der Waals surface area contributed by atoms with E-state index in [9.17, 15) is 0 Å². The number of rotatable bonds is 1. The van der Waals surface area contributed by atoms with Gasteiger partial charge < -0.3 is 15.1 Å². The molecule has 0 aliphatic carbocycles. The smallest absolute Gasteiger partial charge is 0.276 e. The molecule has 0 spiro atoms. The molecule has 1 atom stereocenters. The zero-order valence-corrected chi connectivity index (χ0v) is 28.5. The summed E-state index contributed by atoms with van der Waals surface area (Å²) in [5.41, 5.74) is 4.30. The molecule has 5 aliphatic heterocycles. The van der Waals surface area contributed by atoms with Gasteiger partial charge in [-0.2, -0.15) is 10.5 Å². The number of nitrogens with one attached hydrogen (secondary N) is 1. The van der Waals surface area contributed by atoms with Crippen molar-refractivity contribution in [2.24, 2.45) is 11.8 Å². The number of fused-ring (bicyclic) bond motifs is 9. The summed E-state index contributed by atoms with van der Waals surface area (Å²) < 4.78 is 31.7. The molecule has 7 rings (SSSR count). The van der Waals surface area contributed by atoms with E-state index in [2.05, 4.69) is 33.6 Å². The Bertz CT molecular complexity index is 1360. The highest BCUT2D eigenvalue weighted by Gasteiger charge is 2.42. The first-order valence-electron chi connectivity index (χ1n) is 17.3. The Morgan fingerprint density at radius 1 is 0.933 bits per heavy atom. The first-order chi connectivity index (χ1) is 21.8. The summed E-state index contributed by atoms with van der Waals surface area (Å²) in [7, 11) is 0.256. The van der Waals surface area contributed by atoms with E-state index in [4.69, 9.17) is 9.97 Å². The highest BCUT2D eigenvalue weighted by molar-refractivity contribution is 8.14. The molecule has 2 aromatic rings. The monoisotopic (exact) mass is 637 g/mol. The standard InChI is InChI=1S/C35H47F2N5S.C2H6/c1-25-28-10-9-11-30(22-28)35(36,37)29-12-18-41(19-13-29)16-7-5-4-6-8-17-42-26(2)31(27-14-20-43(3)21-15-27)23-32-33(40-25)38-24-39-34(32)42;1-2/h9-11,22-25,27,29H,2-8,12-21H2,1H3,(H,38,39,40);1-2H3. The fourth-order valence-corrected chi connectivity index (χ4v) is 8.78. The minimum Gasteiger partial charge on any atom is -0.363 e. The van der Waals surface area contributed by atoms with Crippen LogP contribution in [0.3, 0.4) is 0 Å². The molecule has 8 heteroatoms. The number of anilines is 2. The summed E-state index contributed by atoms with van der Waals surface area (Å²) in [6.45, 7) is 14.0. The summed E-state index contributed by atoms with van der Waals surface area (Å²) in [6.07, 6.45) is 13.0. The van der Waals surface area contributed by atoms with Crippen molar-refractivity contribution in [2.45, 2.75) is 90.5 Å². The van der Waals surface area contributed by atoms with Gasteiger partial charge in [-0.25, -0.2) is 18.7 Å². The average Bonchev–Trinajstić information content (AvgIpc) is 3.06. The highest BCUT2D eigenvalue weighted by Crippen LogP contribution is 2.45. The number of hydrogen-bond donors (Lipinski definition) is 1. The predicted molar refractivity (Wildman–Crippen MR) is 190 cm³/mol. The van der Waals surface area contributed by atoms with E-state index >= 15 is 8.78 Å². The van der Waals surface area contributed by atoms with E-state index in [0.717, 1.165) is 98.2 Å². The van der Waals surface area contributed by atoms with Crippen molar-refractivity contribution in [3.63, 3.8) is 0 Å². The van der Waals surface area contributed by atoms with E-state index in [-0.39, 0.29) is 22.1 Å². The van der Waals surface area contributed by atoms with Crippen molar-refractivity contribution in [3.8, 4) is 0 Å². The Labute approximate surface area is 272 Å². The van der Waals surface area contributed by atoms with Gasteiger partial charge in [0.15, 0.2) is 0 Å². The van der Waals surface area contributed by atoms with Gasteiger partial charge >= 0.3 is 0 Å². The molecule has 0 saturated carbocycles. The number of nitrogens with zero attached hydrogens (tertiary/aromatic N) is 4. The molecule has 2 saturated heterocycles. The molecule has 8 bridgehead atoms. The molecule has 1 aromatic carbocycles. The SMILES string of the molecule is C=C1C(C2CCS(=C)CC2)=Cc2c3ncnc2N1CCCCCCCN1CCC(CC1)C(F)(F)c1cccc(c1)C(C)N3.CC. The summed E-state index contributed by atoms with van der Waals surface area (Å²) in [5.74, 6) is 5.29. The van der Waals surface area contributed by atoms with Gasteiger partial charge in [0.05, 0.1) is 5.56 Å². The van der Waals surface area contributed by atoms with Crippen LogP contribution in [-0.2, 0) is 5.92 Å². The third-order valence-electron chi connectivity index (χ3n) is 10.1. The lowest BCUT2D eigenvalue weighted by Gasteiger charge is -2.37. The Balaban J connectivity index is 0.00000196. The fourth-order valence-electron chi connectivity index (χ4n) is 7.34. The first-order valence-corrected chi connectivity index (χ1v) is 19.0. The number of halogens is 2. The van der Waals surface area contributed by atoms with Crippen LogP contribution in [0.4, 0.5) is 20.4 Å². The molecular formula is C37H53F2N5S. The molecule has 246 valence electrons. The van der Waals surface area contributed by atoms with Gasteiger partial charge in [0.2, 0.25) is 0 Å². The van der Waals surface area contributed by atoms with Gasteiger partial charge in [-0.05, 0) is 106 Å². The Hall–Kier alpha value is -2.58. The fraction of sp³-hybridized carbons (Fsp3) is 0.595. The number of piperidine rings is 1. The lowest BCUT2D eigenvalue weighted by Crippen LogP contribution is -2.40. The van der Waals surface area contributed by atoms with E-state index < -0.39 is 11.8 Å². The van der Waals surface area contributed by atoms with Gasteiger partial charge in [0, 0.05) is 29.8 Å². The lowest BCUT2D eigenvalue weighted by atomic mass is 9.85. The average molecular weight is 638 g/mol. The van der Waals surface area contributed by atoms with Crippen LogP contribution < -0.4 is 10.2 Å². The van der Waals surface area contributed by atoms with E-state index in [1.807, 2.05) is 26.8 Å². The van der Waals surface area contributed by atoms with Crippen LogP contribution in [-0.4, -0.2) is 58.4 Å². The summed E-state index contributed by atoms with van der Waals surface area (Å²) >= 11 is 0. The normalized spacial score (nSPS) is 28.9. The minimum atomic E-state index is -2.85. The van der Waals surface area contributed by atoms with Gasteiger partial charge in [-0.3, -0.25) is 0 Å². The maximum absolute atomic E-state index is 15.9. The van der Waals surface area contributed by atoms with Crippen molar-refractivity contribution < 1.29 is 8.78 Å². The summed E-state index contributed by atoms with van der Waals surface area (Å²) in [6, 6.07) is 6.82. The summed E-state index contributed by atoms with van der Waals surface area (Å²) in [4.78, 5) is 14.2. The van der Waals surface area contributed by atoms with Gasteiger partial charge in [-0.1, -0.05) is 63.8 Å². The molecule has 0 radical (unpaired) electrons. The second-order valence-electron chi connectivity index (χ2n) is 13.0. The Morgan fingerprint density at radius 2 is 1.62 bits per heavy atom. The number of aromatic nitrogens is 2. The largest absolute Gasteiger partial charge is 0.363 e. The topological polar surface area (TPSA) is 44.3 Å². The Kier molecular flexibility index (Phi) is 11.5. The van der Waals surface area contributed by atoms with Crippen molar-refractivity contribution in [3.05, 3.63) is 65.1 Å². The van der Waals surface area contributed by atoms with Crippen LogP contribution in [0, 0.1) is 11.8 Å². The molecule has 0 amide bonds. The third kappa shape index (κ3) is 7.70. The van der Waals surface area contributed by atoms with E-state index in [0.29, 0.717) is 18.8 Å². The number of benzene rings is 1. The van der Waals surface area contributed by atoms with Gasteiger partial charge in [0.1, 0.15) is 18.0 Å². The van der Waals surface area contributed by atoms with Crippen molar-refractivity contribution >= 4 is 34.1 Å². The van der Waals surface area contributed by atoms with Crippen LogP contribution >= 0.6 is 10.5 Å². The van der Waals surface area contributed by atoms with E-state index in [1.54, 1.807) is 24.5 Å². The predicted octanol–water partition coefficient (Wildman–Crippen LogP) is 9.27. The first kappa shape index (κ1) is 33.8. The van der Waals surface area contributed by atoms with Gasteiger partial charge in [-0.15, -0.1) is 0 Å². The minimum absolute atomic E-state index is 0.124. The molecule has 5 nitrogen and oxygen atoms in total. The third-order valence-corrected chi connectivity index (χ3v) is 11.7. The lowest BCUT2D eigenvalue weighted by molar-refractivity contribution is -0.0855. The second kappa shape index (κ2) is 15.3. The molecule has 2 fully saturated rings. The zero-order valence-electron chi connectivity index (χ0n) is 27.7. The zero-order chi connectivity index (χ0) is 32.0. The van der Waals surface area contributed by atoms with Crippen molar-refractivity contribution in [1.82, 2.24) is 14.9 Å². The molecule has 1 N–H and O–H groups in total. The van der Waals surface area contributed by atoms with Crippen LogP contribution in [0.5, 0.6) is 0 Å². The maximum atomic E-state index is 15.9. The molecule has 5 aliphatic rings. The quantitative estimate of drug-likeness (QED) is 0.316. The molecule has 45 heavy (non-hydrogen) atoms. The highest BCUT2D eigenvalue weighted by atomic mass is 32.2. The number of allylic oxidation sites excluding steroid dienone is 1. The van der Waals surface area contributed by atoms with Crippen LogP contribution in [0.1, 0.15) is 101 Å². The molecule has 1 aromatic heterocycles. The van der Waals surface area contributed by atoms with Crippen molar-refractivity contribution in [2.75, 3.05) is 47.9 Å². The molecule has 6 heterocycles. The van der Waals surface area contributed by atoms with E-state index in [1.165, 1.54) is 18.4 Å².